The second-order valence-corrected chi connectivity index (χ2v) is 5.71. The summed E-state index contributed by atoms with van der Waals surface area (Å²) >= 11 is 0. The SMILES string of the molecule is NCC1(CCCCCCO)Cc2ccccc2C1. The van der Waals surface area contributed by atoms with E-state index in [0.29, 0.717) is 12.0 Å². The zero-order valence-electron chi connectivity index (χ0n) is 11.2. The van der Waals surface area contributed by atoms with Gasteiger partial charge in [0.2, 0.25) is 0 Å². The molecule has 0 atom stereocenters. The minimum absolute atomic E-state index is 0.308. The average molecular weight is 247 g/mol. The van der Waals surface area contributed by atoms with E-state index in [4.69, 9.17) is 10.8 Å². The van der Waals surface area contributed by atoms with Crippen LogP contribution in [0.25, 0.3) is 0 Å². The second kappa shape index (κ2) is 6.35. The summed E-state index contributed by atoms with van der Waals surface area (Å²) in [4.78, 5) is 0. The summed E-state index contributed by atoms with van der Waals surface area (Å²) in [5.41, 5.74) is 9.35. The standard InChI is InChI=1S/C16H25NO/c17-13-16(9-5-1-2-6-10-18)11-14-7-3-4-8-15(14)12-16/h3-4,7-8,18H,1-2,5-6,9-13,17H2. The normalized spacial score (nSPS) is 16.8. The zero-order chi connectivity index (χ0) is 12.8. The van der Waals surface area contributed by atoms with Crippen molar-refractivity contribution >= 4 is 0 Å². The van der Waals surface area contributed by atoms with Crippen LogP contribution in [0.15, 0.2) is 24.3 Å². The Morgan fingerprint density at radius 1 is 1.00 bits per heavy atom. The number of hydrogen-bond donors (Lipinski definition) is 2. The van der Waals surface area contributed by atoms with Crippen molar-refractivity contribution in [3.8, 4) is 0 Å². The highest BCUT2D eigenvalue weighted by molar-refractivity contribution is 5.34. The fraction of sp³-hybridized carbons (Fsp3) is 0.625. The smallest absolute Gasteiger partial charge is 0.0431 e. The Balaban J connectivity index is 1.86. The number of benzene rings is 1. The maximum Gasteiger partial charge on any atom is 0.0431 e. The summed E-state index contributed by atoms with van der Waals surface area (Å²) in [7, 11) is 0. The van der Waals surface area contributed by atoms with Crippen LogP contribution < -0.4 is 5.73 Å². The topological polar surface area (TPSA) is 46.2 Å². The third-order valence-corrected chi connectivity index (χ3v) is 4.30. The van der Waals surface area contributed by atoms with E-state index in [0.717, 1.165) is 32.2 Å². The summed E-state index contributed by atoms with van der Waals surface area (Å²) in [6.07, 6.45) is 8.08. The molecule has 2 nitrogen and oxygen atoms in total. The number of unbranched alkanes of at least 4 members (excludes halogenated alkanes) is 3. The third-order valence-electron chi connectivity index (χ3n) is 4.30. The fourth-order valence-electron chi connectivity index (χ4n) is 3.16. The predicted octanol–water partition coefficient (Wildman–Crippen LogP) is 2.67. The fourth-order valence-corrected chi connectivity index (χ4v) is 3.16. The molecule has 2 rings (SSSR count). The van der Waals surface area contributed by atoms with Crippen LogP contribution in [0.5, 0.6) is 0 Å². The number of fused-ring (bicyclic) bond motifs is 1. The summed E-state index contributed by atoms with van der Waals surface area (Å²) in [6.45, 7) is 1.12. The molecule has 1 aromatic rings. The van der Waals surface area contributed by atoms with Gasteiger partial charge in [-0.15, -0.1) is 0 Å². The van der Waals surface area contributed by atoms with Crippen molar-refractivity contribution < 1.29 is 5.11 Å². The van der Waals surface area contributed by atoms with Gasteiger partial charge in [0.05, 0.1) is 0 Å². The van der Waals surface area contributed by atoms with Crippen molar-refractivity contribution in [1.29, 1.82) is 0 Å². The molecule has 0 saturated heterocycles. The minimum atomic E-state index is 0.308. The highest BCUT2D eigenvalue weighted by Gasteiger charge is 2.35. The molecule has 1 aliphatic carbocycles. The van der Waals surface area contributed by atoms with Crippen LogP contribution in [-0.4, -0.2) is 18.3 Å². The number of aliphatic hydroxyl groups excluding tert-OH is 1. The Morgan fingerprint density at radius 2 is 1.61 bits per heavy atom. The Bertz CT molecular complexity index is 350. The largest absolute Gasteiger partial charge is 0.396 e. The van der Waals surface area contributed by atoms with Crippen molar-refractivity contribution in [1.82, 2.24) is 0 Å². The first kappa shape index (κ1) is 13.6. The van der Waals surface area contributed by atoms with Crippen LogP contribution in [0.2, 0.25) is 0 Å². The third kappa shape index (κ3) is 3.12. The lowest BCUT2D eigenvalue weighted by Gasteiger charge is -2.27. The Morgan fingerprint density at radius 3 is 2.17 bits per heavy atom. The molecule has 0 fully saturated rings. The van der Waals surface area contributed by atoms with Gasteiger partial charge in [0.25, 0.3) is 0 Å². The monoisotopic (exact) mass is 247 g/mol. The molecule has 0 aliphatic heterocycles. The van der Waals surface area contributed by atoms with Crippen molar-refractivity contribution in [2.75, 3.05) is 13.2 Å². The van der Waals surface area contributed by atoms with Crippen LogP contribution in [0.1, 0.15) is 43.2 Å². The van der Waals surface area contributed by atoms with E-state index < -0.39 is 0 Å². The molecule has 100 valence electrons. The van der Waals surface area contributed by atoms with Crippen molar-refractivity contribution in [3.05, 3.63) is 35.4 Å². The van der Waals surface area contributed by atoms with Gasteiger partial charge in [0, 0.05) is 6.61 Å². The van der Waals surface area contributed by atoms with Crippen molar-refractivity contribution in [2.45, 2.75) is 44.9 Å². The molecule has 0 heterocycles. The van der Waals surface area contributed by atoms with E-state index >= 15 is 0 Å². The molecular weight excluding hydrogens is 222 g/mol. The molecule has 2 heteroatoms. The Kier molecular flexibility index (Phi) is 4.79. The van der Waals surface area contributed by atoms with Crippen LogP contribution in [0, 0.1) is 5.41 Å². The molecule has 0 radical (unpaired) electrons. The van der Waals surface area contributed by atoms with Gasteiger partial charge in [-0.05, 0) is 48.8 Å². The van der Waals surface area contributed by atoms with E-state index in [9.17, 15) is 0 Å². The van der Waals surface area contributed by atoms with E-state index in [1.54, 1.807) is 0 Å². The molecule has 0 saturated carbocycles. The van der Waals surface area contributed by atoms with Gasteiger partial charge in [-0.3, -0.25) is 0 Å². The summed E-state index contributed by atoms with van der Waals surface area (Å²) in [6, 6.07) is 8.76. The van der Waals surface area contributed by atoms with Crippen LogP contribution in [0.4, 0.5) is 0 Å². The first-order chi connectivity index (χ1) is 8.79. The Labute approximate surface area is 110 Å². The molecular formula is C16H25NO. The van der Waals surface area contributed by atoms with E-state index in [-0.39, 0.29) is 0 Å². The predicted molar refractivity (Wildman–Crippen MR) is 75.5 cm³/mol. The van der Waals surface area contributed by atoms with E-state index in [2.05, 4.69) is 24.3 Å². The molecule has 1 aromatic carbocycles. The number of aliphatic hydroxyl groups is 1. The molecule has 0 unspecified atom stereocenters. The lowest BCUT2D eigenvalue weighted by molar-refractivity contribution is 0.265. The van der Waals surface area contributed by atoms with E-state index in [1.807, 2.05) is 0 Å². The molecule has 0 bridgehead atoms. The first-order valence-electron chi connectivity index (χ1n) is 7.17. The lowest BCUT2D eigenvalue weighted by Crippen LogP contribution is -2.31. The number of nitrogens with two attached hydrogens (primary N) is 1. The van der Waals surface area contributed by atoms with Gasteiger partial charge in [0.15, 0.2) is 0 Å². The summed E-state index contributed by atoms with van der Waals surface area (Å²) in [5, 5.41) is 8.77. The van der Waals surface area contributed by atoms with Gasteiger partial charge >= 0.3 is 0 Å². The van der Waals surface area contributed by atoms with Crippen LogP contribution in [0.3, 0.4) is 0 Å². The van der Waals surface area contributed by atoms with Gasteiger partial charge in [-0.25, -0.2) is 0 Å². The molecule has 3 N–H and O–H groups in total. The maximum absolute atomic E-state index is 8.77. The van der Waals surface area contributed by atoms with Gasteiger partial charge in [-0.1, -0.05) is 43.5 Å². The Hall–Kier alpha value is -0.860. The molecule has 0 aromatic heterocycles. The highest BCUT2D eigenvalue weighted by atomic mass is 16.2. The zero-order valence-corrected chi connectivity index (χ0v) is 11.2. The van der Waals surface area contributed by atoms with Gasteiger partial charge < -0.3 is 10.8 Å². The first-order valence-corrected chi connectivity index (χ1v) is 7.17. The molecule has 1 aliphatic rings. The summed E-state index contributed by atoms with van der Waals surface area (Å²) in [5.74, 6) is 0. The second-order valence-electron chi connectivity index (χ2n) is 5.71. The minimum Gasteiger partial charge on any atom is -0.396 e. The van der Waals surface area contributed by atoms with Gasteiger partial charge in [-0.2, -0.15) is 0 Å². The van der Waals surface area contributed by atoms with Crippen molar-refractivity contribution in [3.63, 3.8) is 0 Å². The number of rotatable bonds is 7. The number of hydrogen-bond acceptors (Lipinski definition) is 2. The lowest BCUT2D eigenvalue weighted by atomic mass is 9.80. The quantitative estimate of drug-likeness (QED) is 0.728. The van der Waals surface area contributed by atoms with Crippen molar-refractivity contribution in [2.24, 2.45) is 11.1 Å². The molecule has 0 amide bonds. The average Bonchev–Trinajstić information content (AvgIpc) is 2.77. The molecule has 18 heavy (non-hydrogen) atoms. The molecule has 0 spiro atoms. The maximum atomic E-state index is 8.77. The van der Waals surface area contributed by atoms with Crippen LogP contribution in [-0.2, 0) is 12.8 Å². The van der Waals surface area contributed by atoms with Gasteiger partial charge in [0.1, 0.15) is 0 Å². The van der Waals surface area contributed by atoms with E-state index in [1.165, 1.54) is 30.4 Å². The highest BCUT2D eigenvalue weighted by Crippen LogP contribution is 2.40. The van der Waals surface area contributed by atoms with Crippen LogP contribution >= 0.6 is 0 Å². The summed E-state index contributed by atoms with van der Waals surface area (Å²) < 4.78 is 0.